The van der Waals surface area contributed by atoms with E-state index in [1.807, 2.05) is 0 Å². The van der Waals surface area contributed by atoms with Gasteiger partial charge in [-0.2, -0.15) is 0 Å². The minimum atomic E-state index is -0.954. The van der Waals surface area contributed by atoms with Gasteiger partial charge in [-0.1, -0.05) is 368 Å². The van der Waals surface area contributed by atoms with Crippen molar-refractivity contribution < 1.29 is 39.2 Å². The van der Waals surface area contributed by atoms with Crippen LogP contribution in [0.1, 0.15) is 413 Å². The molecule has 0 fully saturated rings. The van der Waals surface area contributed by atoms with Crippen molar-refractivity contribution >= 4 is 17.9 Å². The van der Waals surface area contributed by atoms with Gasteiger partial charge in [-0.25, -0.2) is 0 Å². The van der Waals surface area contributed by atoms with Gasteiger partial charge in [0, 0.05) is 19.3 Å². The number of carbonyl (C=O) groups excluding carboxylic acids is 2. The molecule has 8 heteroatoms. The summed E-state index contributed by atoms with van der Waals surface area (Å²) in [6.45, 7) is 9.27. The van der Waals surface area contributed by atoms with Gasteiger partial charge in [0.1, 0.15) is 12.7 Å². The Morgan fingerprint density at radius 3 is 0.684 bits per heavy atom. The second-order valence-corrected chi connectivity index (χ2v) is 24.1. The molecule has 0 radical (unpaired) electrons. The van der Waals surface area contributed by atoms with Crippen molar-refractivity contribution in [2.24, 2.45) is 0 Å². The molecule has 79 heavy (non-hydrogen) atoms. The van der Waals surface area contributed by atoms with E-state index in [2.05, 4.69) is 27.7 Å². The van der Waals surface area contributed by atoms with Crippen molar-refractivity contribution in [2.45, 2.75) is 419 Å². The predicted octanol–water partition coefficient (Wildman–Crippen LogP) is 23.0. The molecule has 0 aromatic carbocycles. The lowest BCUT2D eigenvalue weighted by Crippen LogP contribution is -2.21. The standard InChI is InChI=1S/C32H64O2.C21H42O4.C18H36O2/c1-3-5-7-9-11-13-15-17-19-21-23-25-27-29-31-34-32(33)30-28-26-24-22-20-18-16-14-12-10-8-6-4-2;1-2-3-4-5-6-7-8-9-10-11-12-13-14-15-16-17-21(24)25-19-20(23)18-22;1-2-3-4-5-6-7-8-9-10-11-12-13-14-15-16-17-18(19)20/h3-31H2,1-2H3;20,22-23H,2-19H2,1H3;2-17H2,1H3,(H,19,20). The molecule has 0 spiro atoms. The number of carboxylic acid groups (broad SMARTS) is 1. The van der Waals surface area contributed by atoms with Gasteiger partial charge in [0.2, 0.25) is 0 Å². The highest BCUT2D eigenvalue weighted by Crippen LogP contribution is 2.18. The van der Waals surface area contributed by atoms with Crippen molar-refractivity contribution in [3.63, 3.8) is 0 Å². The lowest BCUT2D eigenvalue weighted by Gasteiger charge is -2.08. The molecule has 0 aromatic rings. The fraction of sp³-hybridized carbons (Fsp3) is 0.958. The first-order valence-corrected chi connectivity index (χ1v) is 35.6. The Morgan fingerprint density at radius 2 is 0.468 bits per heavy atom. The summed E-state index contributed by atoms with van der Waals surface area (Å²) in [5, 5.41) is 26.2. The smallest absolute Gasteiger partial charge is 0.305 e. The largest absolute Gasteiger partial charge is 0.481 e. The Hall–Kier alpha value is -1.67. The van der Waals surface area contributed by atoms with Gasteiger partial charge < -0.3 is 24.8 Å². The number of aliphatic hydroxyl groups is 2. The molecule has 0 aliphatic carbocycles. The summed E-state index contributed by atoms with van der Waals surface area (Å²) in [7, 11) is 0. The lowest BCUT2D eigenvalue weighted by molar-refractivity contribution is -0.147. The minimum Gasteiger partial charge on any atom is -0.481 e. The molecule has 0 saturated heterocycles. The number of ether oxygens (including phenoxy) is 2. The number of carboxylic acids is 1. The van der Waals surface area contributed by atoms with E-state index in [0.717, 1.165) is 38.5 Å². The van der Waals surface area contributed by atoms with E-state index in [9.17, 15) is 14.4 Å². The van der Waals surface area contributed by atoms with Crippen LogP contribution in [-0.4, -0.2) is 59.2 Å². The van der Waals surface area contributed by atoms with E-state index in [4.69, 9.17) is 24.8 Å². The molecule has 1 atom stereocenters. The van der Waals surface area contributed by atoms with Crippen LogP contribution in [-0.2, 0) is 23.9 Å². The number of esters is 2. The van der Waals surface area contributed by atoms with Gasteiger partial charge in [-0.05, 0) is 25.7 Å². The van der Waals surface area contributed by atoms with Crippen molar-refractivity contribution in [1.29, 1.82) is 0 Å². The number of hydrogen-bond donors (Lipinski definition) is 3. The van der Waals surface area contributed by atoms with Gasteiger partial charge in [-0.15, -0.1) is 0 Å². The molecule has 0 aliphatic rings. The quantitative estimate of drug-likeness (QED) is 0.0406. The van der Waals surface area contributed by atoms with E-state index in [1.165, 1.54) is 327 Å². The molecule has 0 heterocycles. The normalized spacial score (nSPS) is 11.5. The third kappa shape index (κ3) is 82.9. The summed E-state index contributed by atoms with van der Waals surface area (Å²) in [5.74, 6) is -0.903. The van der Waals surface area contributed by atoms with E-state index < -0.39 is 12.1 Å². The van der Waals surface area contributed by atoms with Crippen LogP contribution < -0.4 is 0 Å². The highest BCUT2D eigenvalue weighted by Gasteiger charge is 2.08. The first-order chi connectivity index (χ1) is 38.8. The third-order valence-corrected chi connectivity index (χ3v) is 15.9. The molecule has 0 aliphatic heterocycles. The number of unbranched alkanes of at least 4 members (excludes halogenated alkanes) is 53. The molecule has 0 rings (SSSR count). The zero-order valence-corrected chi connectivity index (χ0v) is 54.0. The Labute approximate surface area is 493 Å². The fourth-order valence-corrected chi connectivity index (χ4v) is 10.4. The number of aliphatic hydroxyl groups excluding tert-OH is 2. The molecule has 8 nitrogen and oxygen atoms in total. The van der Waals surface area contributed by atoms with E-state index >= 15 is 0 Å². The summed E-state index contributed by atoms with van der Waals surface area (Å²) in [4.78, 5) is 33.6. The average molecular weight is 1120 g/mol. The van der Waals surface area contributed by atoms with Crippen molar-refractivity contribution in [3.05, 3.63) is 0 Å². The van der Waals surface area contributed by atoms with Crippen LogP contribution in [0, 0.1) is 0 Å². The van der Waals surface area contributed by atoms with Crippen molar-refractivity contribution in [2.75, 3.05) is 19.8 Å². The zero-order valence-electron chi connectivity index (χ0n) is 54.0. The van der Waals surface area contributed by atoms with Gasteiger partial charge in [0.25, 0.3) is 0 Å². The second kappa shape index (κ2) is 76.3. The van der Waals surface area contributed by atoms with Crippen LogP contribution in [0.2, 0.25) is 0 Å². The molecular formula is C71H142O8. The van der Waals surface area contributed by atoms with E-state index in [-0.39, 0.29) is 25.2 Å². The van der Waals surface area contributed by atoms with E-state index in [0.29, 0.717) is 25.9 Å². The molecule has 474 valence electrons. The molecule has 0 aromatic heterocycles. The monoisotopic (exact) mass is 1120 g/mol. The van der Waals surface area contributed by atoms with Crippen molar-refractivity contribution in [3.8, 4) is 0 Å². The first-order valence-electron chi connectivity index (χ1n) is 35.6. The number of rotatable bonds is 64. The second-order valence-electron chi connectivity index (χ2n) is 24.1. The van der Waals surface area contributed by atoms with Crippen molar-refractivity contribution in [1.82, 2.24) is 0 Å². The van der Waals surface area contributed by atoms with Crippen LogP contribution in [0.25, 0.3) is 0 Å². The third-order valence-electron chi connectivity index (χ3n) is 15.9. The van der Waals surface area contributed by atoms with Crippen LogP contribution in [0.3, 0.4) is 0 Å². The minimum absolute atomic E-state index is 0.0257. The zero-order chi connectivity index (χ0) is 58.3. The Balaban J connectivity index is -0.00000114. The SMILES string of the molecule is CCCCCCCCCCCCCCCCCC(=O)O.CCCCCCCCCCCCCCCCCC(=O)OCC(O)CO.CCCCCCCCCCCCCCCCOC(=O)CCCCCCCCCCCCCCC. The lowest BCUT2D eigenvalue weighted by atomic mass is 10.0. The topological polar surface area (TPSA) is 130 Å². The summed E-state index contributed by atoms with van der Waals surface area (Å²) in [6, 6.07) is 0. The van der Waals surface area contributed by atoms with Gasteiger partial charge >= 0.3 is 17.9 Å². The maximum absolute atomic E-state index is 11.9. The highest BCUT2D eigenvalue weighted by molar-refractivity contribution is 5.69. The molecule has 0 amide bonds. The Bertz CT molecular complexity index is 1130. The summed E-state index contributed by atoms with van der Waals surface area (Å²) in [5.41, 5.74) is 0. The fourth-order valence-electron chi connectivity index (χ4n) is 10.4. The molecule has 0 saturated carbocycles. The number of carbonyl (C=O) groups is 3. The van der Waals surface area contributed by atoms with Gasteiger partial charge in [-0.3, -0.25) is 14.4 Å². The van der Waals surface area contributed by atoms with Gasteiger partial charge in [0.05, 0.1) is 13.2 Å². The molecule has 1 unspecified atom stereocenters. The Kier molecular flexibility index (Phi) is 78.8. The summed E-state index contributed by atoms with van der Waals surface area (Å²) < 4.78 is 10.3. The molecular weight excluding hydrogens is 981 g/mol. The summed E-state index contributed by atoms with van der Waals surface area (Å²) in [6.07, 6.45) is 76.4. The van der Waals surface area contributed by atoms with Gasteiger partial charge in [0.15, 0.2) is 0 Å². The first kappa shape index (κ1) is 81.5. The van der Waals surface area contributed by atoms with Crippen LogP contribution in [0.4, 0.5) is 0 Å². The molecule has 3 N–H and O–H groups in total. The number of aliphatic carboxylic acids is 1. The summed E-state index contributed by atoms with van der Waals surface area (Å²) >= 11 is 0. The molecule has 0 bridgehead atoms. The van der Waals surface area contributed by atoms with Crippen LogP contribution in [0.5, 0.6) is 0 Å². The Morgan fingerprint density at radius 1 is 0.278 bits per heavy atom. The predicted molar refractivity (Wildman–Crippen MR) is 342 cm³/mol. The highest BCUT2D eigenvalue weighted by atomic mass is 16.5. The maximum Gasteiger partial charge on any atom is 0.305 e. The van der Waals surface area contributed by atoms with E-state index in [1.54, 1.807) is 0 Å². The maximum atomic E-state index is 11.9. The van der Waals surface area contributed by atoms with Crippen LogP contribution in [0.15, 0.2) is 0 Å². The van der Waals surface area contributed by atoms with Crippen LogP contribution >= 0.6 is 0 Å². The number of hydrogen-bond acceptors (Lipinski definition) is 7. The average Bonchev–Trinajstić information content (AvgIpc) is 3.44.